The number of hydrogen-bond donors (Lipinski definition) is 1. The lowest BCUT2D eigenvalue weighted by Crippen LogP contribution is -2.17. The highest BCUT2D eigenvalue weighted by Gasteiger charge is 2.03. The van der Waals surface area contributed by atoms with Crippen LogP contribution in [0.3, 0.4) is 0 Å². The minimum Gasteiger partial charge on any atom is -0.267 e. The second kappa shape index (κ2) is 6.50. The summed E-state index contributed by atoms with van der Waals surface area (Å²) in [5, 5.41) is 4.00. The molecule has 2 aromatic carbocycles. The Morgan fingerprint density at radius 1 is 1.05 bits per heavy atom. The second-order valence-corrected chi connectivity index (χ2v) is 4.28. The van der Waals surface area contributed by atoms with Crippen molar-refractivity contribution in [2.24, 2.45) is 5.10 Å². The number of carbonyl (C=O) groups is 1. The standard InChI is InChI=1S/C16H16N2O/c1-13(14-8-4-2-5-9-14)12-17-18-16(19)15-10-6-3-7-11-15/h2-13H,1H3,(H,18,19)/b17-12-/t13-/m0/s1. The molecule has 0 aromatic heterocycles. The van der Waals surface area contributed by atoms with Gasteiger partial charge in [-0.3, -0.25) is 4.79 Å². The minimum absolute atomic E-state index is 0.164. The zero-order chi connectivity index (χ0) is 13.5. The number of hydrogen-bond acceptors (Lipinski definition) is 2. The number of rotatable bonds is 4. The van der Waals surface area contributed by atoms with Crippen LogP contribution in [-0.2, 0) is 0 Å². The zero-order valence-electron chi connectivity index (χ0n) is 10.8. The molecule has 0 aliphatic heterocycles. The van der Waals surface area contributed by atoms with Crippen molar-refractivity contribution in [3.05, 3.63) is 71.8 Å². The number of nitrogens with one attached hydrogen (secondary N) is 1. The van der Waals surface area contributed by atoms with Crippen molar-refractivity contribution in [2.75, 3.05) is 0 Å². The lowest BCUT2D eigenvalue weighted by Gasteiger charge is -2.05. The molecule has 1 amide bonds. The van der Waals surface area contributed by atoms with E-state index in [0.29, 0.717) is 5.56 Å². The number of benzene rings is 2. The zero-order valence-corrected chi connectivity index (χ0v) is 10.8. The van der Waals surface area contributed by atoms with Gasteiger partial charge in [0.05, 0.1) is 0 Å². The van der Waals surface area contributed by atoms with Crippen LogP contribution in [0.4, 0.5) is 0 Å². The number of amides is 1. The fraction of sp³-hybridized carbons (Fsp3) is 0.125. The number of hydrazone groups is 1. The van der Waals surface area contributed by atoms with E-state index in [1.807, 2.05) is 55.5 Å². The van der Waals surface area contributed by atoms with E-state index in [-0.39, 0.29) is 11.8 Å². The lowest BCUT2D eigenvalue weighted by molar-refractivity contribution is 0.0955. The fourth-order valence-corrected chi connectivity index (χ4v) is 1.70. The number of carbonyl (C=O) groups excluding carboxylic acids is 1. The van der Waals surface area contributed by atoms with Crippen molar-refractivity contribution in [2.45, 2.75) is 12.8 Å². The third-order valence-corrected chi connectivity index (χ3v) is 2.83. The third-order valence-electron chi connectivity index (χ3n) is 2.83. The van der Waals surface area contributed by atoms with Crippen LogP contribution in [0.15, 0.2) is 65.8 Å². The van der Waals surface area contributed by atoms with Crippen LogP contribution in [-0.4, -0.2) is 12.1 Å². The van der Waals surface area contributed by atoms with Gasteiger partial charge in [-0.1, -0.05) is 55.5 Å². The fourth-order valence-electron chi connectivity index (χ4n) is 1.70. The van der Waals surface area contributed by atoms with Crippen molar-refractivity contribution < 1.29 is 4.79 Å². The Kier molecular flexibility index (Phi) is 4.45. The first-order chi connectivity index (χ1) is 9.27. The molecule has 3 heteroatoms. The van der Waals surface area contributed by atoms with E-state index in [4.69, 9.17) is 0 Å². The monoisotopic (exact) mass is 252 g/mol. The molecule has 0 bridgehead atoms. The molecule has 0 spiro atoms. The van der Waals surface area contributed by atoms with Gasteiger partial charge in [-0.15, -0.1) is 0 Å². The molecule has 0 saturated carbocycles. The van der Waals surface area contributed by atoms with Gasteiger partial charge in [0.15, 0.2) is 0 Å². The largest absolute Gasteiger partial charge is 0.271 e. The van der Waals surface area contributed by atoms with Crippen LogP contribution in [0.25, 0.3) is 0 Å². The Morgan fingerprint density at radius 2 is 1.63 bits per heavy atom. The summed E-state index contributed by atoms with van der Waals surface area (Å²) in [6, 6.07) is 19.1. The van der Waals surface area contributed by atoms with Gasteiger partial charge in [0.2, 0.25) is 0 Å². The minimum atomic E-state index is -0.197. The highest BCUT2D eigenvalue weighted by molar-refractivity contribution is 5.94. The summed E-state index contributed by atoms with van der Waals surface area (Å²) >= 11 is 0. The maximum absolute atomic E-state index is 11.7. The molecule has 2 aromatic rings. The molecule has 0 saturated heterocycles. The average Bonchev–Trinajstić information content (AvgIpc) is 2.49. The van der Waals surface area contributed by atoms with Gasteiger partial charge < -0.3 is 0 Å². The highest BCUT2D eigenvalue weighted by Crippen LogP contribution is 2.11. The van der Waals surface area contributed by atoms with Crippen LogP contribution in [0, 0.1) is 0 Å². The molecule has 3 nitrogen and oxygen atoms in total. The molecule has 1 atom stereocenters. The Balaban J connectivity index is 1.92. The molecule has 19 heavy (non-hydrogen) atoms. The van der Waals surface area contributed by atoms with Gasteiger partial charge in [-0.05, 0) is 17.7 Å². The van der Waals surface area contributed by atoms with Crippen molar-refractivity contribution in [3.8, 4) is 0 Å². The van der Waals surface area contributed by atoms with E-state index in [1.54, 1.807) is 18.3 Å². The van der Waals surface area contributed by atoms with Gasteiger partial charge in [-0.25, -0.2) is 5.43 Å². The molecule has 0 fully saturated rings. The van der Waals surface area contributed by atoms with E-state index < -0.39 is 0 Å². The summed E-state index contributed by atoms with van der Waals surface area (Å²) in [6.45, 7) is 2.04. The number of nitrogens with zero attached hydrogens (tertiary/aromatic N) is 1. The van der Waals surface area contributed by atoms with E-state index in [2.05, 4.69) is 10.5 Å². The quantitative estimate of drug-likeness (QED) is 0.659. The topological polar surface area (TPSA) is 41.5 Å². The van der Waals surface area contributed by atoms with E-state index in [0.717, 1.165) is 0 Å². The molecule has 0 aliphatic carbocycles. The molecule has 0 aliphatic rings. The van der Waals surface area contributed by atoms with Gasteiger partial charge >= 0.3 is 0 Å². The summed E-state index contributed by atoms with van der Waals surface area (Å²) < 4.78 is 0. The molecule has 1 N–H and O–H groups in total. The average molecular weight is 252 g/mol. The lowest BCUT2D eigenvalue weighted by atomic mass is 10.0. The van der Waals surface area contributed by atoms with Crippen molar-refractivity contribution in [1.29, 1.82) is 0 Å². The first-order valence-electron chi connectivity index (χ1n) is 6.21. The van der Waals surface area contributed by atoms with E-state index >= 15 is 0 Å². The predicted molar refractivity (Wildman–Crippen MR) is 77.3 cm³/mol. The smallest absolute Gasteiger partial charge is 0.267 e. The maximum Gasteiger partial charge on any atom is 0.271 e. The SMILES string of the molecule is C[C@@H](/C=N\NC(=O)c1ccccc1)c1ccccc1. The van der Waals surface area contributed by atoms with Gasteiger partial charge in [0.25, 0.3) is 5.91 Å². The van der Waals surface area contributed by atoms with Crippen molar-refractivity contribution in [1.82, 2.24) is 5.43 Å². The van der Waals surface area contributed by atoms with Crippen molar-refractivity contribution >= 4 is 12.1 Å². The summed E-state index contributed by atoms with van der Waals surface area (Å²) in [4.78, 5) is 11.7. The van der Waals surface area contributed by atoms with E-state index in [9.17, 15) is 4.79 Å². The van der Waals surface area contributed by atoms with Gasteiger partial charge in [0, 0.05) is 17.7 Å². The van der Waals surface area contributed by atoms with Crippen molar-refractivity contribution in [3.63, 3.8) is 0 Å². The van der Waals surface area contributed by atoms with E-state index in [1.165, 1.54) is 5.56 Å². The third kappa shape index (κ3) is 3.78. The van der Waals surface area contributed by atoms with Crippen LogP contribution >= 0.6 is 0 Å². The van der Waals surface area contributed by atoms with Crippen LogP contribution < -0.4 is 5.43 Å². The second-order valence-electron chi connectivity index (χ2n) is 4.28. The van der Waals surface area contributed by atoms with Gasteiger partial charge in [0.1, 0.15) is 0 Å². The molecule has 96 valence electrons. The molecule has 0 unspecified atom stereocenters. The normalized spacial score (nSPS) is 12.3. The molecular formula is C16H16N2O. The molecule has 2 rings (SSSR count). The molecular weight excluding hydrogens is 236 g/mol. The molecule has 0 radical (unpaired) electrons. The summed E-state index contributed by atoms with van der Waals surface area (Å²) in [5.41, 5.74) is 4.30. The Bertz CT molecular complexity index is 549. The highest BCUT2D eigenvalue weighted by atomic mass is 16.2. The Morgan fingerprint density at radius 3 is 2.26 bits per heavy atom. The van der Waals surface area contributed by atoms with Crippen LogP contribution in [0.5, 0.6) is 0 Å². The summed E-state index contributed by atoms with van der Waals surface area (Å²) in [7, 11) is 0. The predicted octanol–water partition coefficient (Wildman–Crippen LogP) is 3.21. The summed E-state index contributed by atoms with van der Waals surface area (Å²) in [5.74, 6) is -0.0330. The van der Waals surface area contributed by atoms with Crippen LogP contribution in [0.1, 0.15) is 28.8 Å². The first kappa shape index (κ1) is 13.0. The maximum atomic E-state index is 11.7. The summed E-state index contributed by atoms with van der Waals surface area (Å²) in [6.07, 6.45) is 1.73. The van der Waals surface area contributed by atoms with Gasteiger partial charge in [-0.2, -0.15) is 5.10 Å². The van der Waals surface area contributed by atoms with Crippen LogP contribution in [0.2, 0.25) is 0 Å². The first-order valence-corrected chi connectivity index (χ1v) is 6.21. The Labute approximate surface area is 113 Å². The molecule has 0 heterocycles. The Hall–Kier alpha value is -2.42.